The second-order valence-electron chi connectivity index (χ2n) is 4.44. The van der Waals surface area contributed by atoms with Crippen molar-refractivity contribution in [3.63, 3.8) is 0 Å². The summed E-state index contributed by atoms with van der Waals surface area (Å²) in [5, 5.41) is 7.48. The Labute approximate surface area is 113 Å². The molecule has 0 aliphatic heterocycles. The molecule has 0 aliphatic rings. The molecule has 0 aliphatic carbocycles. The number of hydrogen-bond donors (Lipinski definition) is 1. The van der Waals surface area contributed by atoms with Crippen molar-refractivity contribution in [1.82, 2.24) is 19.3 Å². The maximum atomic E-state index is 5.03. The summed E-state index contributed by atoms with van der Waals surface area (Å²) in [5.41, 5.74) is 1.03. The Balaban J connectivity index is 1.84. The fraction of sp³-hybridized carbons (Fsp3) is 0.538. The summed E-state index contributed by atoms with van der Waals surface area (Å²) in [4.78, 5) is 4.47. The van der Waals surface area contributed by atoms with E-state index in [9.17, 15) is 0 Å². The Morgan fingerprint density at radius 2 is 2.26 bits per heavy atom. The van der Waals surface area contributed by atoms with E-state index >= 15 is 0 Å². The predicted octanol–water partition coefficient (Wildman–Crippen LogP) is 1.54. The van der Waals surface area contributed by atoms with Crippen LogP contribution in [0.15, 0.2) is 24.7 Å². The van der Waals surface area contributed by atoms with Gasteiger partial charge in [0, 0.05) is 45.3 Å². The van der Waals surface area contributed by atoms with E-state index in [-0.39, 0.29) is 0 Å². The third kappa shape index (κ3) is 4.10. The van der Waals surface area contributed by atoms with Crippen molar-refractivity contribution in [2.24, 2.45) is 0 Å². The lowest BCUT2D eigenvalue weighted by atomic mass is 10.4. The minimum absolute atomic E-state index is 0.680. The van der Waals surface area contributed by atoms with Crippen molar-refractivity contribution < 1.29 is 4.74 Å². The van der Waals surface area contributed by atoms with Crippen LogP contribution in [0.4, 0.5) is 5.95 Å². The highest BCUT2D eigenvalue weighted by molar-refractivity contribution is 5.28. The summed E-state index contributed by atoms with van der Waals surface area (Å²) in [6, 6.07) is 1.94. The smallest absolute Gasteiger partial charge is 0.203 e. The molecule has 6 nitrogen and oxygen atoms in total. The number of imidazole rings is 1. The van der Waals surface area contributed by atoms with E-state index in [0.717, 1.165) is 37.7 Å². The molecule has 1 N–H and O–H groups in total. The molecule has 0 saturated carbocycles. The molecule has 0 fully saturated rings. The van der Waals surface area contributed by atoms with Crippen LogP contribution in [-0.4, -0.2) is 39.6 Å². The fourth-order valence-electron chi connectivity index (χ4n) is 1.96. The fourth-order valence-corrected chi connectivity index (χ4v) is 1.96. The van der Waals surface area contributed by atoms with Crippen molar-refractivity contribution in [2.45, 2.75) is 26.4 Å². The topological polar surface area (TPSA) is 56.9 Å². The van der Waals surface area contributed by atoms with Gasteiger partial charge < -0.3 is 14.6 Å². The van der Waals surface area contributed by atoms with Crippen LogP contribution in [0.5, 0.6) is 0 Å². The average Bonchev–Trinajstić information content (AvgIpc) is 3.00. The molecular formula is C13H21N5O. The molecule has 19 heavy (non-hydrogen) atoms. The second-order valence-corrected chi connectivity index (χ2v) is 4.44. The second kappa shape index (κ2) is 6.94. The molecule has 0 amide bonds. The van der Waals surface area contributed by atoms with Crippen molar-refractivity contribution in [1.29, 1.82) is 0 Å². The van der Waals surface area contributed by atoms with Gasteiger partial charge in [-0.3, -0.25) is 4.68 Å². The van der Waals surface area contributed by atoms with Crippen LogP contribution in [0.1, 0.15) is 12.1 Å². The molecule has 0 atom stereocenters. The summed E-state index contributed by atoms with van der Waals surface area (Å²) in [6.07, 6.45) is 6.88. The average molecular weight is 263 g/mol. The number of rotatable bonds is 8. The van der Waals surface area contributed by atoms with E-state index in [1.807, 2.05) is 23.9 Å². The van der Waals surface area contributed by atoms with Crippen molar-refractivity contribution in [3.8, 4) is 0 Å². The van der Waals surface area contributed by atoms with Crippen LogP contribution in [0.25, 0.3) is 0 Å². The van der Waals surface area contributed by atoms with Crippen molar-refractivity contribution >= 4 is 5.95 Å². The first-order chi connectivity index (χ1) is 9.29. The molecule has 6 heteroatoms. The summed E-state index contributed by atoms with van der Waals surface area (Å²) in [5.74, 6) is 0.912. The van der Waals surface area contributed by atoms with Gasteiger partial charge in [0.15, 0.2) is 0 Å². The van der Waals surface area contributed by atoms with Gasteiger partial charge in [-0.05, 0) is 19.4 Å². The van der Waals surface area contributed by atoms with Crippen LogP contribution >= 0.6 is 0 Å². The lowest BCUT2D eigenvalue weighted by molar-refractivity contribution is 0.210. The summed E-state index contributed by atoms with van der Waals surface area (Å²) < 4.78 is 9.12. The third-order valence-corrected chi connectivity index (χ3v) is 2.83. The van der Waals surface area contributed by atoms with E-state index in [1.165, 1.54) is 0 Å². The van der Waals surface area contributed by atoms with Crippen LogP contribution in [0.2, 0.25) is 0 Å². The summed E-state index contributed by atoms with van der Waals surface area (Å²) >= 11 is 0. The normalized spacial score (nSPS) is 10.8. The van der Waals surface area contributed by atoms with Gasteiger partial charge in [-0.1, -0.05) is 0 Å². The Hall–Kier alpha value is -1.82. The van der Waals surface area contributed by atoms with Crippen LogP contribution in [0, 0.1) is 6.92 Å². The molecule has 2 rings (SSSR count). The minimum atomic E-state index is 0.680. The molecule has 104 valence electrons. The molecule has 0 unspecified atom stereocenters. The molecule has 0 bridgehead atoms. The SMILES string of the molecule is COCCNc1nc(C)cn1CCCn1cccn1. The number of aromatic nitrogens is 4. The first-order valence-corrected chi connectivity index (χ1v) is 6.53. The summed E-state index contributed by atoms with van der Waals surface area (Å²) in [7, 11) is 1.70. The van der Waals surface area contributed by atoms with Gasteiger partial charge in [0.1, 0.15) is 0 Å². The molecule has 2 aromatic rings. The van der Waals surface area contributed by atoms with Gasteiger partial charge in [0.2, 0.25) is 5.95 Å². The third-order valence-electron chi connectivity index (χ3n) is 2.83. The Morgan fingerprint density at radius 1 is 1.37 bits per heavy atom. The van der Waals surface area contributed by atoms with Crippen molar-refractivity contribution in [2.75, 3.05) is 25.6 Å². The van der Waals surface area contributed by atoms with E-state index in [4.69, 9.17) is 4.74 Å². The number of aryl methyl sites for hydroxylation is 3. The van der Waals surface area contributed by atoms with Crippen LogP contribution < -0.4 is 5.32 Å². The van der Waals surface area contributed by atoms with Gasteiger partial charge in [0.05, 0.1) is 12.3 Å². The predicted molar refractivity (Wildman–Crippen MR) is 74.2 cm³/mol. The number of anilines is 1. The molecule has 0 saturated heterocycles. The zero-order chi connectivity index (χ0) is 13.5. The van der Waals surface area contributed by atoms with E-state index in [0.29, 0.717) is 6.61 Å². The first kappa shape index (κ1) is 13.6. The molecule has 2 aromatic heterocycles. The largest absolute Gasteiger partial charge is 0.383 e. The zero-order valence-electron chi connectivity index (χ0n) is 11.5. The van der Waals surface area contributed by atoms with Gasteiger partial charge >= 0.3 is 0 Å². The maximum Gasteiger partial charge on any atom is 0.203 e. The molecule has 0 aromatic carbocycles. The molecule has 2 heterocycles. The Bertz CT molecular complexity index is 477. The highest BCUT2D eigenvalue weighted by atomic mass is 16.5. The van der Waals surface area contributed by atoms with E-state index in [1.54, 1.807) is 13.3 Å². The van der Waals surface area contributed by atoms with Crippen LogP contribution in [0.3, 0.4) is 0 Å². The van der Waals surface area contributed by atoms with E-state index in [2.05, 4.69) is 26.2 Å². The van der Waals surface area contributed by atoms with Gasteiger partial charge in [-0.15, -0.1) is 0 Å². The molecular weight excluding hydrogens is 242 g/mol. The molecule has 0 spiro atoms. The number of methoxy groups -OCH3 is 1. The minimum Gasteiger partial charge on any atom is -0.383 e. The van der Waals surface area contributed by atoms with Gasteiger partial charge in [0.25, 0.3) is 0 Å². The number of ether oxygens (including phenoxy) is 1. The molecule has 0 radical (unpaired) electrons. The van der Waals surface area contributed by atoms with Crippen LogP contribution in [-0.2, 0) is 17.8 Å². The maximum absolute atomic E-state index is 5.03. The highest BCUT2D eigenvalue weighted by Gasteiger charge is 2.04. The lowest BCUT2D eigenvalue weighted by Crippen LogP contribution is -2.13. The Kier molecular flexibility index (Phi) is 4.97. The first-order valence-electron chi connectivity index (χ1n) is 6.53. The standard InChI is InChI=1S/C13H21N5O/c1-12-11-17(13(16-12)14-6-10-19-2)7-4-9-18-8-3-5-15-18/h3,5,8,11H,4,6-7,9-10H2,1-2H3,(H,14,16). The monoisotopic (exact) mass is 263 g/mol. The number of hydrogen-bond acceptors (Lipinski definition) is 4. The van der Waals surface area contributed by atoms with Gasteiger partial charge in [-0.2, -0.15) is 5.10 Å². The number of nitrogens with one attached hydrogen (secondary N) is 1. The van der Waals surface area contributed by atoms with Gasteiger partial charge in [-0.25, -0.2) is 4.98 Å². The lowest BCUT2D eigenvalue weighted by Gasteiger charge is -2.09. The quantitative estimate of drug-likeness (QED) is 0.734. The Morgan fingerprint density at radius 3 is 3.00 bits per heavy atom. The highest BCUT2D eigenvalue weighted by Crippen LogP contribution is 2.09. The number of nitrogens with zero attached hydrogens (tertiary/aromatic N) is 4. The zero-order valence-corrected chi connectivity index (χ0v) is 11.5. The summed E-state index contributed by atoms with van der Waals surface area (Å²) in [6.45, 7) is 5.30. The van der Waals surface area contributed by atoms with Crippen molar-refractivity contribution in [3.05, 3.63) is 30.4 Å². The van der Waals surface area contributed by atoms with E-state index < -0.39 is 0 Å².